The van der Waals surface area contributed by atoms with E-state index in [1.165, 1.54) is 4.90 Å². The van der Waals surface area contributed by atoms with E-state index in [0.717, 1.165) is 24.1 Å². The lowest BCUT2D eigenvalue weighted by molar-refractivity contribution is 0.210. The Hall–Kier alpha value is -1.25. The first-order valence-corrected chi connectivity index (χ1v) is 11.1. The Bertz CT molecular complexity index is 722. The molecular formula is C17H27N3O3S2. The first-order valence-electron chi connectivity index (χ1n) is 8.55. The standard InChI is InChI=1S/C17H27N3O3S2/c1-4-13(3)24-15-7-8-16(12(2)10-15)19-17(21)20-9-5-6-14(20)11-25(18,22)23/h7-8,10,13-14H,4-6,9,11H2,1-3H3,(H,19,21)(H2,18,22,23). The normalized spacial score (nSPS) is 19.0. The third-order valence-corrected chi connectivity index (χ3v) is 6.53. The Balaban J connectivity index is 2.04. The number of carbonyl (C=O) groups is 1. The summed E-state index contributed by atoms with van der Waals surface area (Å²) in [4.78, 5) is 15.3. The van der Waals surface area contributed by atoms with E-state index in [4.69, 9.17) is 5.14 Å². The molecule has 3 N–H and O–H groups in total. The maximum Gasteiger partial charge on any atom is 0.322 e. The number of rotatable bonds is 6. The number of hydrogen-bond donors (Lipinski definition) is 2. The molecule has 1 aliphatic heterocycles. The van der Waals surface area contributed by atoms with Crippen molar-refractivity contribution in [1.82, 2.24) is 4.90 Å². The van der Waals surface area contributed by atoms with E-state index >= 15 is 0 Å². The summed E-state index contributed by atoms with van der Waals surface area (Å²) >= 11 is 1.81. The Labute approximate surface area is 154 Å². The lowest BCUT2D eigenvalue weighted by Gasteiger charge is -2.24. The molecule has 140 valence electrons. The van der Waals surface area contributed by atoms with Crippen molar-refractivity contribution >= 4 is 33.5 Å². The highest BCUT2D eigenvalue weighted by Gasteiger charge is 2.31. The molecule has 1 aromatic rings. The summed E-state index contributed by atoms with van der Waals surface area (Å²) in [5.74, 6) is -0.191. The zero-order valence-electron chi connectivity index (χ0n) is 15.0. The van der Waals surface area contributed by atoms with Crippen molar-refractivity contribution in [1.29, 1.82) is 0 Å². The molecule has 8 heteroatoms. The summed E-state index contributed by atoms with van der Waals surface area (Å²) in [6, 6.07) is 5.36. The maximum absolute atomic E-state index is 12.5. The molecule has 0 saturated carbocycles. The number of nitrogens with zero attached hydrogens (tertiary/aromatic N) is 1. The predicted molar refractivity (Wildman–Crippen MR) is 104 cm³/mol. The number of hydrogen-bond acceptors (Lipinski definition) is 4. The highest BCUT2D eigenvalue weighted by atomic mass is 32.2. The van der Waals surface area contributed by atoms with Crippen molar-refractivity contribution in [3.8, 4) is 0 Å². The molecule has 2 amide bonds. The molecule has 2 unspecified atom stereocenters. The Morgan fingerprint density at radius 1 is 1.48 bits per heavy atom. The lowest BCUT2D eigenvalue weighted by atomic mass is 10.2. The zero-order valence-corrected chi connectivity index (χ0v) is 16.6. The number of nitrogens with one attached hydrogen (secondary N) is 1. The fourth-order valence-corrected chi connectivity index (χ4v) is 4.80. The first kappa shape index (κ1) is 20.1. The van der Waals surface area contributed by atoms with E-state index < -0.39 is 10.0 Å². The average Bonchev–Trinajstić information content (AvgIpc) is 2.95. The van der Waals surface area contributed by atoms with Crippen molar-refractivity contribution in [2.75, 3.05) is 17.6 Å². The van der Waals surface area contributed by atoms with Gasteiger partial charge in [0.25, 0.3) is 0 Å². The summed E-state index contributed by atoms with van der Waals surface area (Å²) in [7, 11) is -3.60. The van der Waals surface area contributed by atoms with Gasteiger partial charge >= 0.3 is 6.03 Å². The van der Waals surface area contributed by atoms with Crippen molar-refractivity contribution in [2.24, 2.45) is 5.14 Å². The van der Waals surface area contributed by atoms with E-state index in [2.05, 4.69) is 25.2 Å². The molecular weight excluding hydrogens is 358 g/mol. The molecule has 0 radical (unpaired) electrons. The number of primary sulfonamides is 1. The molecule has 1 aromatic carbocycles. The number of urea groups is 1. The quantitative estimate of drug-likeness (QED) is 0.736. The van der Waals surface area contributed by atoms with Gasteiger partial charge in [-0.2, -0.15) is 0 Å². The van der Waals surface area contributed by atoms with Crippen LogP contribution in [0.1, 0.15) is 38.7 Å². The highest BCUT2D eigenvalue weighted by molar-refractivity contribution is 7.99. The fourth-order valence-electron chi connectivity index (χ4n) is 2.90. The molecule has 0 aromatic heterocycles. The zero-order chi connectivity index (χ0) is 18.6. The molecule has 1 heterocycles. The van der Waals surface area contributed by atoms with Gasteiger partial charge in [-0.3, -0.25) is 0 Å². The summed E-state index contributed by atoms with van der Waals surface area (Å²) in [6.45, 7) is 6.86. The van der Waals surface area contributed by atoms with Crippen LogP contribution in [0.2, 0.25) is 0 Å². The van der Waals surface area contributed by atoms with E-state index in [9.17, 15) is 13.2 Å². The van der Waals surface area contributed by atoms with Crippen LogP contribution in [0.15, 0.2) is 23.1 Å². The van der Waals surface area contributed by atoms with Crippen LogP contribution in [0.4, 0.5) is 10.5 Å². The second-order valence-electron chi connectivity index (χ2n) is 6.56. The molecule has 0 aliphatic carbocycles. The molecule has 1 aliphatic rings. The molecule has 1 saturated heterocycles. The van der Waals surface area contributed by atoms with Crippen LogP contribution in [-0.4, -0.2) is 42.9 Å². The number of carbonyl (C=O) groups excluding carboxylic acids is 1. The van der Waals surface area contributed by atoms with Gasteiger partial charge in [-0.1, -0.05) is 13.8 Å². The van der Waals surface area contributed by atoms with Crippen LogP contribution < -0.4 is 10.5 Å². The minimum absolute atomic E-state index is 0.191. The number of thioether (sulfide) groups is 1. The van der Waals surface area contributed by atoms with Gasteiger partial charge in [-0.05, 0) is 49.9 Å². The summed E-state index contributed by atoms with van der Waals surface area (Å²) < 4.78 is 22.7. The third-order valence-electron chi connectivity index (χ3n) is 4.41. The largest absolute Gasteiger partial charge is 0.322 e. The number of nitrogens with two attached hydrogens (primary N) is 1. The SMILES string of the molecule is CCC(C)Sc1ccc(NC(=O)N2CCCC2CS(N)(=O)=O)c(C)c1. The van der Waals surface area contributed by atoms with Crippen molar-refractivity contribution in [3.05, 3.63) is 23.8 Å². The van der Waals surface area contributed by atoms with Crippen LogP contribution >= 0.6 is 11.8 Å². The highest BCUT2D eigenvalue weighted by Crippen LogP contribution is 2.29. The van der Waals surface area contributed by atoms with Gasteiger partial charge in [0.2, 0.25) is 10.0 Å². The molecule has 2 atom stereocenters. The first-order chi connectivity index (χ1) is 11.7. The van der Waals surface area contributed by atoms with Crippen LogP contribution in [0.25, 0.3) is 0 Å². The van der Waals surface area contributed by atoms with Gasteiger partial charge in [-0.25, -0.2) is 18.4 Å². The number of likely N-dealkylation sites (tertiary alicyclic amines) is 1. The average molecular weight is 386 g/mol. The minimum atomic E-state index is -3.60. The number of benzene rings is 1. The smallest absolute Gasteiger partial charge is 0.320 e. The van der Waals surface area contributed by atoms with Gasteiger partial charge in [-0.15, -0.1) is 11.8 Å². The summed E-state index contributed by atoms with van der Waals surface area (Å²) in [5, 5.41) is 8.58. The van der Waals surface area contributed by atoms with E-state index in [1.807, 2.05) is 30.8 Å². The second-order valence-corrected chi connectivity index (χ2v) is 9.73. The number of aryl methyl sites for hydroxylation is 1. The fraction of sp³-hybridized carbons (Fsp3) is 0.588. The van der Waals surface area contributed by atoms with Gasteiger partial charge < -0.3 is 10.2 Å². The van der Waals surface area contributed by atoms with Crippen molar-refractivity contribution < 1.29 is 13.2 Å². The molecule has 1 fully saturated rings. The van der Waals surface area contributed by atoms with Crippen molar-refractivity contribution in [2.45, 2.75) is 56.2 Å². The van der Waals surface area contributed by atoms with Crippen LogP contribution in [0, 0.1) is 6.92 Å². The predicted octanol–water partition coefficient (Wildman–Crippen LogP) is 3.17. The van der Waals surface area contributed by atoms with Gasteiger partial charge in [0.1, 0.15) is 0 Å². The monoisotopic (exact) mass is 385 g/mol. The molecule has 0 spiro atoms. The molecule has 2 rings (SSSR count). The summed E-state index contributed by atoms with van der Waals surface area (Å²) in [6.07, 6.45) is 2.55. The van der Waals surface area contributed by atoms with Crippen molar-refractivity contribution in [3.63, 3.8) is 0 Å². The number of anilines is 1. The van der Waals surface area contributed by atoms with Crippen LogP contribution in [0.5, 0.6) is 0 Å². The topological polar surface area (TPSA) is 92.5 Å². The lowest BCUT2D eigenvalue weighted by Crippen LogP contribution is -2.43. The van der Waals surface area contributed by atoms with Crippen LogP contribution in [0.3, 0.4) is 0 Å². The number of sulfonamides is 1. The molecule has 6 nitrogen and oxygen atoms in total. The Morgan fingerprint density at radius 3 is 2.80 bits per heavy atom. The second kappa shape index (κ2) is 8.42. The van der Waals surface area contributed by atoms with Crippen LogP contribution in [-0.2, 0) is 10.0 Å². The Kier molecular flexibility index (Phi) is 6.76. The van der Waals surface area contributed by atoms with E-state index in [0.29, 0.717) is 18.2 Å². The molecule has 25 heavy (non-hydrogen) atoms. The van der Waals surface area contributed by atoms with Gasteiger partial charge in [0.05, 0.1) is 5.75 Å². The maximum atomic E-state index is 12.5. The van der Waals surface area contributed by atoms with Gasteiger partial charge in [0, 0.05) is 28.4 Å². The molecule has 0 bridgehead atoms. The summed E-state index contributed by atoms with van der Waals surface area (Å²) in [5.41, 5.74) is 1.74. The van der Waals surface area contributed by atoms with E-state index in [-0.39, 0.29) is 17.8 Å². The minimum Gasteiger partial charge on any atom is -0.320 e. The Morgan fingerprint density at radius 2 is 2.20 bits per heavy atom. The third kappa shape index (κ3) is 5.90. The van der Waals surface area contributed by atoms with E-state index in [1.54, 1.807) is 4.90 Å². The number of amides is 2. The van der Waals surface area contributed by atoms with Gasteiger partial charge in [0.15, 0.2) is 0 Å².